The molecule has 0 fully saturated rings. The van der Waals surface area contributed by atoms with Gasteiger partial charge in [-0.15, -0.1) is 0 Å². The number of nitrogens with zero attached hydrogens (tertiary/aromatic N) is 1. The standard InChI is InChI=1S/C18H25N3O4/c1-18(2,3)25-17(24)19-10-8-15(22)20-12-16(23)21-11-9-13-6-4-5-7-14(13)21/h4-7H,8-12H2,1-3H3,(H,19,24)(H,20,22). The number of amides is 3. The van der Waals surface area contributed by atoms with E-state index in [2.05, 4.69) is 10.6 Å². The van der Waals surface area contributed by atoms with Crippen LogP contribution in [-0.2, 0) is 20.7 Å². The first-order chi connectivity index (χ1) is 11.8. The Morgan fingerprint density at radius 1 is 1.16 bits per heavy atom. The summed E-state index contributed by atoms with van der Waals surface area (Å²) in [5.41, 5.74) is 1.47. The quantitative estimate of drug-likeness (QED) is 0.847. The molecule has 1 heterocycles. The number of fused-ring (bicyclic) bond motifs is 1. The Hall–Kier alpha value is -2.57. The molecule has 0 saturated carbocycles. The number of nitrogens with one attached hydrogen (secondary N) is 2. The van der Waals surface area contributed by atoms with Crippen LogP contribution < -0.4 is 15.5 Å². The fourth-order valence-corrected chi connectivity index (χ4v) is 2.55. The van der Waals surface area contributed by atoms with Gasteiger partial charge in [0.05, 0.1) is 6.54 Å². The second kappa shape index (κ2) is 8.00. The van der Waals surface area contributed by atoms with Crippen molar-refractivity contribution >= 4 is 23.6 Å². The van der Waals surface area contributed by atoms with E-state index >= 15 is 0 Å². The maximum atomic E-state index is 12.3. The van der Waals surface area contributed by atoms with Gasteiger partial charge in [0.15, 0.2) is 0 Å². The number of anilines is 1. The van der Waals surface area contributed by atoms with Gasteiger partial charge in [-0.05, 0) is 38.8 Å². The number of rotatable bonds is 5. The van der Waals surface area contributed by atoms with E-state index in [-0.39, 0.29) is 31.3 Å². The van der Waals surface area contributed by atoms with E-state index in [0.29, 0.717) is 6.54 Å². The normalized spacial score (nSPS) is 13.2. The van der Waals surface area contributed by atoms with Crippen LogP contribution in [0.25, 0.3) is 0 Å². The van der Waals surface area contributed by atoms with E-state index in [9.17, 15) is 14.4 Å². The first-order valence-corrected chi connectivity index (χ1v) is 8.38. The predicted octanol–water partition coefficient (Wildman–Crippen LogP) is 1.61. The monoisotopic (exact) mass is 347 g/mol. The van der Waals surface area contributed by atoms with Gasteiger partial charge in [0, 0.05) is 25.2 Å². The van der Waals surface area contributed by atoms with Gasteiger partial charge in [-0.3, -0.25) is 9.59 Å². The molecule has 7 heteroatoms. The van der Waals surface area contributed by atoms with Crippen molar-refractivity contribution in [3.8, 4) is 0 Å². The minimum atomic E-state index is -0.579. The van der Waals surface area contributed by atoms with Crippen LogP contribution in [0.2, 0.25) is 0 Å². The van der Waals surface area contributed by atoms with E-state index in [1.807, 2.05) is 24.3 Å². The van der Waals surface area contributed by atoms with Crippen molar-refractivity contribution in [2.45, 2.75) is 39.2 Å². The highest BCUT2D eigenvalue weighted by Crippen LogP contribution is 2.27. The molecule has 1 aliphatic heterocycles. The van der Waals surface area contributed by atoms with E-state index in [0.717, 1.165) is 17.7 Å². The second-order valence-corrected chi connectivity index (χ2v) is 6.88. The lowest BCUT2D eigenvalue weighted by Gasteiger charge is -2.19. The lowest BCUT2D eigenvalue weighted by molar-refractivity contribution is -0.124. The van der Waals surface area contributed by atoms with Gasteiger partial charge < -0.3 is 20.3 Å². The molecular weight excluding hydrogens is 322 g/mol. The van der Waals surface area contributed by atoms with Gasteiger partial charge in [0.1, 0.15) is 5.60 Å². The van der Waals surface area contributed by atoms with Crippen LogP contribution in [-0.4, -0.2) is 43.1 Å². The Bertz CT molecular complexity index is 652. The number of hydrogen-bond donors (Lipinski definition) is 2. The highest BCUT2D eigenvalue weighted by Gasteiger charge is 2.24. The molecule has 0 aliphatic carbocycles. The Morgan fingerprint density at radius 3 is 2.60 bits per heavy atom. The molecular formula is C18H25N3O4. The average molecular weight is 347 g/mol. The second-order valence-electron chi connectivity index (χ2n) is 6.88. The van der Waals surface area contributed by atoms with Crippen LogP contribution in [0.3, 0.4) is 0 Å². The third-order valence-corrected chi connectivity index (χ3v) is 3.65. The SMILES string of the molecule is CC(C)(C)OC(=O)NCCC(=O)NCC(=O)N1CCc2ccccc21. The summed E-state index contributed by atoms with van der Waals surface area (Å²) in [6.45, 7) is 6.03. The molecule has 2 rings (SSSR count). The van der Waals surface area contributed by atoms with Gasteiger partial charge in [-0.1, -0.05) is 18.2 Å². The Balaban J connectivity index is 1.69. The molecule has 0 saturated heterocycles. The third kappa shape index (κ3) is 5.77. The topological polar surface area (TPSA) is 87.7 Å². The summed E-state index contributed by atoms with van der Waals surface area (Å²) in [6, 6.07) is 7.76. The van der Waals surface area contributed by atoms with E-state index < -0.39 is 11.7 Å². The summed E-state index contributed by atoms with van der Waals surface area (Å²) in [5.74, 6) is -0.435. The highest BCUT2D eigenvalue weighted by molar-refractivity contribution is 5.98. The van der Waals surface area contributed by atoms with Crippen LogP contribution in [0.5, 0.6) is 0 Å². The van der Waals surface area contributed by atoms with Crippen LogP contribution >= 0.6 is 0 Å². The zero-order valence-electron chi connectivity index (χ0n) is 14.9. The number of benzene rings is 1. The summed E-state index contributed by atoms with van der Waals surface area (Å²) < 4.78 is 5.08. The maximum Gasteiger partial charge on any atom is 0.407 e. The summed E-state index contributed by atoms with van der Waals surface area (Å²) >= 11 is 0. The smallest absolute Gasteiger partial charge is 0.407 e. The number of carbonyl (C=O) groups is 3. The number of ether oxygens (including phenoxy) is 1. The van der Waals surface area contributed by atoms with Crippen molar-refractivity contribution in [1.29, 1.82) is 0 Å². The molecule has 0 atom stereocenters. The number of alkyl carbamates (subject to hydrolysis) is 1. The summed E-state index contributed by atoms with van der Waals surface area (Å²) in [4.78, 5) is 37.2. The Morgan fingerprint density at radius 2 is 1.88 bits per heavy atom. The fraction of sp³-hybridized carbons (Fsp3) is 0.500. The average Bonchev–Trinajstić information content (AvgIpc) is 2.95. The minimum Gasteiger partial charge on any atom is -0.444 e. The van der Waals surface area contributed by atoms with Gasteiger partial charge in [-0.25, -0.2) is 4.79 Å². The third-order valence-electron chi connectivity index (χ3n) is 3.65. The molecule has 7 nitrogen and oxygen atoms in total. The lowest BCUT2D eigenvalue weighted by Crippen LogP contribution is -2.40. The highest BCUT2D eigenvalue weighted by atomic mass is 16.6. The number of carbonyl (C=O) groups excluding carboxylic acids is 3. The van der Waals surface area contributed by atoms with Crippen molar-refractivity contribution < 1.29 is 19.1 Å². The van der Waals surface area contributed by atoms with Crippen molar-refractivity contribution in [3.05, 3.63) is 29.8 Å². The Labute approximate surface area is 147 Å². The zero-order chi connectivity index (χ0) is 18.4. The first kappa shape index (κ1) is 18.8. The predicted molar refractivity (Wildman–Crippen MR) is 94.4 cm³/mol. The van der Waals surface area contributed by atoms with Crippen LogP contribution in [0.15, 0.2) is 24.3 Å². The molecule has 136 valence electrons. The lowest BCUT2D eigenvalue weighted by atomic mass is 10.2. The van der Waals surface area contributed by atoms with Crippen molar-refractivity contribution in [3.63, 3.8) is 0 Å². The Kier molecular flexibility index (Phi) is 6.01. The molecule has 0 aromatic heterocycles. The summed E-state index contributed by atoms with van der Waals surface area (Å²) in [6.07, 6.45) is 0.351. The van der Waals surface area contributed by atoms with Crippen molar-refractivity contribution in [2.75, 3.05) is 24.5 Å². The minimum absolute atomic E-state index is 0.0559. The van der Waals surface area contributed by atoms with Crippen LogP contribution in [0.1, 0.15) is 32.8 Å². The molecule has 1 aliphatic rings. The summed E-state index contributed by atoms with van der Waals surface area (Å²) in [7, 11) is 0. The molecule has 0 bridgehead atoms. The van der Waals surface area contributed by atoms with Crippen molar-refractivity contribution in [1.82, 2.24) is 10.6 Å². The van der Waals surface area contributed by atoms with E-state index in [4.69, 9.17) is 4.74 Å². The van der Waals surface area contributed by atoms with E-state index in [1.165, 1.54) is 0 Å². The van der Waals surface area contributed by atoms with Gasteiger partial charge in [0.25, 0.3) is 0 Å². The molecule has 1 aromatic carbocycles. The van der Waals surface area contributed by atoms with Gasteiger partial charge >= 0.3 is 6.09 Å². The van der Waals surface area contributed by atoms with Crippen LogP contribution in [0.4, 0.5) is 10.5 Å². The zero-order valence-corrected chi connectivity index (χ0v) is 14.9. The molecule has 2 N–H and O–H groups in total. The molecule has 0 radical (unpaired) electrons. The fourth-order valence-electron chi connectivity index (χ4n) is 2.55. The maximum absolute atomic E-state index is 12.3. The molecule has 0 unspecified atom stereocenters. The van der Waals surface area contributed by atoms with Gasteiger partial charge in [-0.2, -0.15) is 0 Å². The summed E-state index contributed by atoms with van der Waals surface area (Å²) in [5, 5.41) is 5.10. The van der Waals surface area contributed by atoms with Crippen LogP contribution in [0, 0.1) is 0 Å². The molecule has 0 spiro atoms. The number of para-hydroxylation sites is 1. The molecule has 3 amide bonds. The van der Waals surface area contributed by atoms with E-state index in [1.54, 1.807) is 25.7 Å². The molecule has 25 heavy (non-hydrogen) atoms. The molecule has 1 aromatic rings. The first-order valence-electron chi connectivity index (χ1n) is 8.38. The van der Waals surface area contributed by atoms with Crippen molar-refractivity contribution in [2.24, 2.45) is 0 Å². The van der Waals surface area contributed by atoms with Gasteiger partial charge in [0.2, 0.25) is 11.8 Å². The largest absolute Gasteiger partial charge is 0.444 e. The number of hydrogen-bond acceptors (Lipinski definition) is 4.